The van der Waals surface area contributed by atoms with Crippen LogP contribution in [0.5, 0.6) is 0 Å². The van der Waals surface area contributed by atoms with Crippen molar-refractivity contribution in [2.24, 2.45) is 0 Å². The lowest BCUT2D eigenvalue weighted by Gasteiger charge is -2.41. The second-order valence-corrected chi connectivity index (χ2v) is 5.94. The largest absolute Gasteiger partial charge is 0.327 e. The molecule has 5 nitrogen and oxygen atoms in total. The lowest BCUT2D eigenvalue weighted by molar-refractivity contribution is 0.126. The van der Waals surface area contributed by atoms with E-state index in [1.807, 2.05) is 28.9 Å². The van der Waals surface area contributed by atoms with E-state index < -0.39 is 0 Å². The Labute approximate surface area is 131 Å². The Hall–Kier alpha value is -1.40. The molecule has 21 heavy (non-hydrogen) atoms. The second kappa shape index (κ2) is 7.04. The van der Waals surface area contributed by atoms with E-state index in [1.165, 1.54) is 11.5 Å². The number of anilines is 1. The van der Waals surface area contributed by atoms with Crippen molar-refractivity contribution in [3.05, 3.63) is 23.4 Å². The van der Waals surface area contributed by atoms with Gasteiger partial charge in [-0.3, -0.25) is 9.80 Å². The lowest BCUT2D eigenvalue weighted by Crippen LogP contribution is -2.58. The maximum Gasteiger partial charge on any atom is 0.327 e. The predicted molar refractivity (Wildman–Crippen MR) is 87.7 cm³/mol. The van der Waals surface area contributed by atoms with Crippen LogP contribution in [0.15, 0.2) is 12.2 Å². The first-order chi connectivity index (χ1) is 10.1. The zero-order valence-electron chi connectivity index (χ0n) is 13.3. The van der Waals surface area contributed by atoms with Crippen LogP contribution >= 0.6 is 11.5 Å². The van der Waals surface area contributed by atoms with Gasteiger partial charge in [0, 0.05) is 12.1 Å². The Kier molecular flexibility index (Phi) is 5.36. The summed E-state index contributed by atoms with van der Waals surface area (Å²) in [5.74, 6) is 0. The van der Waals surface area contributed by atoms with Crippen molar-refractivity contribution in [2.45, 2.75) is 34.1 Å². The minimum atomic E-state index is 0.0761. The summed E-state index contributed by atoms with van der Waals surface area (Å²) < 4.78 is 4.48. The van der Waals surface area contributed by atoms with Crippen LogP contribution in [-0.2, 0) is 6.42 Å². The van der Waals surface area contributed by atoms with Gasteiger partial charge < -0.3 is 4.90 Å². The van der Waals surface area contributed by atoms with Gasteiger partial charge >= 0.3 is 6.03 Å². The van der Waals surface area contributed by atoms with E-state index in [0.29, 0.717) is 19.9 Å². The molecule has 0 saturated carbocycles. The first-order valence-corrected chi connectivity index (χ1v) is 8.24. The molecule has 116 valence electrons. The maximum absolute atomic E-state index is 12.7. The molecule has 0 atom stereocenters. The molecular formula is C15H24N4OS. The number of rotatable bonds is 5. The molecule has 1 aliphatic rings. The number of carbonyl (C=O) groups is 1. The molecule has 0 aromatic carbocycles. The van der Waals surface area contributed by atoms with Crippen LogP contribution in [0.1, 0.15) is 32.0 Å². The van der Waals surface area contributed by atoms with Gasteiger partial charge in [-0.15, -0.1) is 0 Å². The predicted octanol–water partition coefficient (Wildman–Crippen LogP) is 3.07. The molecule has 6 heteroatoms. The molecule has 1 aromatic heterocycles. The number of urea groups is 1. The second-order valence-electron chi connectivity index (χ2n) is 5.18. The van der Waals surface area contributed by atoms with E-state index in [-0.39, 0.29) is 6.03 Å². The zero-order valence-corrected chi connectivity index (χ0v) is 14.1. The summed E-state index contributed by atoms with van der Waals surface area (Å²) in [6.45, 7) is 11.2. The fourth-order valence-corrected chi connectivity index (χ4v) is 3.39. The minimum absolute atomic E-state index is 0.0761. The minimum Gasteiger partial charge on any atom is -0.308 e. The Morgan fingerprint density at radius 3 is 2.67 bits per heavy atom. The summed E-state index contributed by atoms with van der Waals surface area (Å²) in [5, 5.41) is 0.987. The molecule has 2 rings (SSSR count). The third-order valence-electron chi connectivity index (χ3n) is 3.80. The SMILES string of the molecule is CC=CCN1CN(CC)CN(c2snc(CC)c2C)C1=O. The number of hydrogen-bond acceptors (Lipinski definition) is 4. The van der Waals surface area contributed by atoms with Gasteiger partial charge in [0.2, 0.25) is 0 Å². The average molecular weight is 308 g/mol. The van der Waals surface area contributed by atoms with Crippen LogP contribution in [0.25, 0.3) is 0 Å². The molecule has 1 aromatic rings. The molecule has 1 fully saturated rings. The molecule has 0 unspecified atom stereocenters. The summed E-state index contributed by atoms with van der Waals surface area (Å²) in [4.78, 5) is 18.7. The lowest BCUT2D eigenvalue weighted by atomic mass is 10.2. The zero-order chi connectivity index (χ0) is 15.4. The molecule has 0 N–H and O–H groups in total. The van der Waals surface area contributed by atoms with Crippen LogP contribution in [0.3, 0.4) is 0 Å². The van der Waals surface area contributed by atoms with Crippen molar-refractivity contribution >= 4 is 22.6 Å². The molecule has 2 amide bonds. The number of aromatic nitrogens is 1. The van der Waals surface area contributed by atoms with E-state index in [2.05, 4.69) is 30.0 Å². The highest BCUT2D eigenvalue weighted by atomic mass is 32.1. The van der Waals surface area contributed by atoms with E-state index in [1.54, 1.807) is 0 Å². The van der Waals surface area contributed by atoms with Crippen LogP contribution in [0.2, 0.25) is 0 Å². The van der Waals surface area contributed by atoms with Crippen molar-refractivity contribution in [1.82, 2.24) is 14.2 Å². The van der Waals surface area contributed by atoms with E-state index in [9.17, 15) is 4.79 Å². The van der Waals surface area contributed by atoms with Crippen molar-refractivity contribution in [3.8, 4) is 0 Å². The highest BCUT2D eigenvalue weighted by molar-refractivity contribution is 7.10. The highest BCUT2D eigenvalue weighted by Crippen LogP contribution is 2.30. The van der Waals surface area contributed by atoms with Gasteiger partial charge in [0.25, 0.3) is 0 Å². The molecule has 0 aliphatic carbocycles. The van der Waals surface area contributed by atoms with Gasteiger partial charge in [-0.05, 0) is 38.3 Å². The van der Waals surface area contributed by atoms with Crippen LogP contribution in [-0.4, -0.2) is 46.6 Å². The quantitative estimate of drug-likeness (QED) is 0.785. The Morgan fingerprint density at radius 2 is 2.10 bits per heavy atom. The van der Waals surface area contributed by atoms with Crippen LogP contribution in [0.4, 0.5) is 9.80 Å². The van der Waals surface area contributed by atoms with Gasteiger partial charge in [0.05, 0.1) is 19.0 Å². The summed E-state index contributed by atoms with van der Waals surface area (Å²) in [7, 11) is 0. The molecule has 2 heterocycles. The summed E-state index contributed by atoms with van der Waals surface area (Å²) in [5.41, 5.74) is 2.23. The molecule has 0 radical (unpaired) electrons. The first-order valence-electron chi connectivity index (χ1n) is 7.47. The van der Waals surface area contributed by atoms with Crippen molar-refractivity contribution in [3.63, 3.8) is 0 Å². The van der Waals surface area contributed by atoms with Crippen molar-refractivity contribution < 1.29 is 4.79 Å². The maximum atomic E-state index is 12.7. The molecule has 0 spiro atoms. The van der Waals surface area contributed by atoms with Gasteiger partial charge in [0.1, 0.15) is 5.00 Å². The topological polar surface area (TPSA) is 39.7 Å². The number of aryl methyl sites for hydroxylation is 1. The van der Waals surface area contributed by atoms with Gasteiger partial charge in [-0.1, -0.05) is 26.0 Å². The van der Waals surface area contributed by atoms with Gasteiger partial charge in [-0.2, -0.15) is 4.37 Å². The number of carbonyl (C=O) groups excluding carboxylic acids is 1. The van der Waals surface area contributed by atoms with Crippen molar-refractivity contribution in [2.75, 3.05) is 31.3 Å². The molecular weight excluding hydrogens is 284 g/mol. The third kappa shape index (κ3) is 3.27. The van der Waals surface area contributed by atoms with E-state index >= 15 is 0 Å². The first kappa shape index (κ1) is 16.0. The normalized spacial score (nSPS) is 17.2. The van der Waals surface area contributed by atoms with Gasteiger partial charge in [-0.25, -0.2) is 4.79 Å². The number of hydrogen-bond donors (Lipinski definition) is 0. The number of allylic oxidation sites excluding steroid dienone is 1. The fraction of sp³-hybridized carbons (Fsp3) is 0.600. The smallest absolute Gasteiger partial charge is 0.308 e. The standard InChI is InChI=1S/C15H24N4OS/c1-5-8-9-18-10-17(7-3)11-19(15(18)20)14-12(4)13(6-2)16-21-14/h5,8H,6-7,9-11H2,1-4H3. The molecule has 0 bridgehead atoms. The Morgan fingerprint density at radius 1 is 1.33 bits per heavy atom. The summed E-state index contributed by atoms with van der Waals surface area (Å²) >= 11 is 1.43. The van der Waals surface area contributed by atoms with E-state index in [4.69, 9.17) is 0 Å². The number of amides is 2. The van der Waals surface area contributed by atoms with Crippen molar-refractivity contribution in [1.29, 1.82) is 0 Å². The Bertz CT molecular complexity index is 526. The van der Waals surface area contributed by atoms with Crippen LogP contribution in [0, 0.1) is 6.92 Å². The molecule has 1 aliphatic heterocycles. The van der Waals surface area contributed by atoms with E-state index in [0.717, 1.165) is 29.2 Å². The van der Waals surface area contributed by atoms with Crippen LogP contribution < -0.4 is 4.90 Å². The Balaban J connectivity index is 2.27. The van der Waals surface area contributed by atoms with Gasteiger partial charge in [0.15, 0.2) is 0 Å². The average Bonchev–Trinajstić information content (AvgIpc) is 2.87. The number of nitrogens with zero attached hydrogens (tertiary/aromatic N) is 4. The summed E-state index contributed by atoms with van der Waals surface area (Å²) in [6.07, 6.45) is 4.91. The monoisotopic (exact) mass is 308 g/mol. The highest BCUT2D eigenvalue weighted by Gasteiger charge is 2.32. The summed E-state index contributed by atoms with van der Waals surface area (Å²) in [6, 6.07) is 0.0761. The third-order valence-corrected chi connectivity index (χ3v) is 4.81. The fourth-order valence-electron chi connectivity index (χ4n) is 2.44. The molecule has 1 saturated heterocycles.